The first kappa shape index (κ1) is 14.0. The van der Waals surface area contributed by atoms with Crippen LogP contribution in [0, 0.1) is 0 Å². The lowest BCUT2D eigenvalue weighted by molar-refractivity contribution is -0.130. The lowest BCUT2D eigenvalue weighted by atomic mass is 10.2. The molecule has 2 aromatic rings. The molecule has 1 atom stereocenters. The molecule has 2 heterocycles. The van der Waals surface area contributed by atoms with E-state index in [0.717, 1.165) is 5.39 Å². The van der Waals surface area contributed by atoms with Gasteiger partial charge in [0.2, 0.25) is 11.9 Å². The van der Waals surface area contributed by atoms with Crippen molar-refractivity contribution in [2.75, 3.05) is 31.3 Å². The number of carbonyl (C=O) groups excluding carboxylic acids is 1. The van der Waals surface area contributed by atoms with Crippen molar-refractivity contribution >= 4 is 28.7 Å². The molecule has 3 N–H and O–H groups in total. The van der Waals surface area contributed by atoms with Crippen molar-refractivity contribution in [3.8, 4) is 0 Å². The number of carbonyl (C=O) groups is 1. The Hall–Kier alpha value is -2.38. The van der Waals surface area contributed by atoms with E-state index in [1.54, 1.807) is 25.2 Å². The smallest absolute Gasteiger partial charge is 0.244 e. The summed E-state index contributed by atoms with van der Waals surface area (Å²) in [4.78, 5) is 22.3. The van der Waals surface area contributed by atoms with E-state index in [2.05, 4.69) is 30.8 Å². The Kier molecular flexibility index (Phi) is 4.02. The van der Waals surface area contributed by atoms with Crippen LogP contribution in [0.15, 0.2) is 6.20 Å². The summed E-state index contributed by atoms with van der Waals surface area (Å²) in [5.74, 6) is 1.06. The Labute approximate surface area is 117 Å². The van der Waals surface area contributed by atoms with Crippen molar-refractivity contribution < 1.29 is 4.79 Å². The molecule has 0 fully saturated rings. The van der Waals surface area contributed by atoms with E-state index in [4.69, 9.17) is 0 Å². The molecule has 8 heteroatoms. The normalized spacial score (nSPS) is 12.2. The van der Waals surface area contributed by atoms with Gasteiger partial charge in [-0.05, 0) is 13.8 Å². The van der Waals surface area contributed by atoms with Gasteiger partial charge in [0.05, 0.1) is 11.6 Å². The number of amides is 1. The monoisotopic (exact) mass is 277 g/mol. The maximum absolute atomic E-state index is 12.1. The van der Waals surface area contributed by atoms with Crippen molar-refractivity contribution in [3.63, 3.8) is 0 Å². The van der Waals surface area contributed by atoms with E-state index in [0.29, 0.717) is 24.0 Å². The molecule has 0 aliphatic carbocycles. The molecule has 0 spiro atoms. The summed E-state index contributed by atoms with van der Waals surface area (Å²) >= 11 is 0. The molecule has 20 heavy (non-hydrogen) atoms. The van der Waals surface area contributed by atoms with Gasteiger partial charge in [0.1, 0.15) is 11.9 Å². The molecule has 2 rings (SSSR count). The molecule has 0 saturated heterocycles. The first-order valence-electron chi connectivity index (χ1n) is 6.47. The Bertz CT molecular complexity index is 609. The SMILES string of the molecule is CCN(C)C(=O)C(C)Nc1nc(NC)nc2[nH]ncc12. The van der Waals surface area contributed by atoms with Crippen LogP contribution in [0.25, 0.3) is 11.0 Å². The zero-order valence-electron chi connectivity index (χ0n) is 12.1. The maximum atomic E-state index is 12.1. The second kappa shape index (κ2) is 5.72. The topological polar surface area (TPSA) is 98.8 Å². The molecule has 1 amide bonds. The van der Waals surface area contributed by atoms with Gasteiger partial charge in [-0.1, -0.05) is 0 Å². The van der Waals surface area contributed by atoms with Gasteiger partial charge in [-0.15, -0.1) is 0 Å². The third-order valence-electron chi connectivity index (χ3n) is 3.11. The minimum Gasteiger partial charge on any atom is -0.358 e. The van der Waals surface area contributed by atoms with Crippen LogP contribution in [-0.2, 0) is 4.79 Å². The fourth-order valence-electron chi connectivity index (χ4n) is 1.81. The molecule has 0 aliphatic heterocycles. The van der Waals surface area contributed by atoms with Gasteiger partial charge in [0, 0.05) is 20.6 Å². The highest BCUT2D eigenvalue weighted by molar-refractivity contribution is 5.90. The minimum atomic E-state index is -0.377. The second-order valence-corrected chi connectivity index (χ2v) is 4.50. The molecule has 0 aliphatic rings. The van der Waals surface area contributed by atoms with Crippen molar-refractivity contribution in [1.29, 1.82) is 0 Å². The highest BCUT2D eigenvalue weighted by Gasteiger charge is 2.18. The summed E-state index contributed by atoms with van der Waals surface area (Å²) < 4.78 is 0. The van der Waals surface area contributed by atoms with E-state index >= 15 is 0 Å². The molecule has 108 valence electrons. The van der Waals surface area contributed by atoms with E-state index in [1.165, 1.54) is 0 Å². The molecular formula is C12H19N7O. The number of rotatable bonds is 5. The minimum absolute atomic E-state index is 0.00812. The zero-order valence-corrected chi connectivity index (χ0v) is 12.1. The third kappa shape index (κ3) is 2.63. The average Bonchev–Trinajstić information content (AvgIpc) is 2.93. The lowest BCUT2D eigenvalue weighted by Gasteiger charge is -2.21. The van der Waals surface area contributed by atoms with E-state index in [1.807, 2.05) is 13.8 Å². The van der Waals surface area contributed by atoms with Gasteiger partial charge >= 0.3 is 0 Å². The number of nitrogens with one attached hydrogen (secondary N) is 3. The third-order valence-corrected chi connectivity index (χ3v) is 3.11. The second-order valence-electron chi connectivity index (χ2n) is 4.50. The Morgan fingerprint density at radius 3 is 2.90 bits per heavy atom. The first-order valence-corrected chi connectivity index (χ1v) is 6.47. The van der Waals surface area contributed by atoms with Crippen LogP contribution in [0.3, 0.4) is 0 Å². The fourth-order valence-corrected chi connectivity index (χ4v) is 1.81. The molecule has 8 nitrogen and oxygen atoms in total. The number of hydrogen-bond donors (Lipinski definition) is 3. The summed E-state index contributed by atoms with van der Waals surface area (Å²) in [7, 11) is 3.51. The lowest BCUT2D eigenvalue weighted by Crippen LogP contribution is -2.39. The van der Waals surface area contributed by atoms with Crippen LogP contribution in [0.5, 0.6) is 0 Å². The number of nitrogens with zero attached hydrogens (tertiary/aromatic N) is 4. The Balaban J connectivity index is 2.28. The van der Waals surface area contributed by atoms with E-state index in [9.17, 15) is 4.79 Å². The van der Waals surface area contributed by atoms with Gasteiger partial charge in [-0.25, -0.2) is 0 Å². The van der Waals surface area contributed by atoms with Gasteiger partial charge in [0.25, 0.3) is 0 Å². The molecule has 0 radical (unpaired) electrons. The number of H-pyrrole nitrogens is 1. The number of anilines is 2. The van der Waals surface area contributed by atoms with Crippen molar-refractivity contribution in [2.24, 2.45) is 0 Å². The molecular weight excluding hydrogens is 258 g/mol. The largest absolute Gasteiger partial charge is 0.358 e. The van der Waals surface area contributed by atoms with Crippen LogP contribution < -0.4 is 10.6 Å². The first-order chi connectivity index (χ1) is 9.56. The van der Waals surface area contributed by atoms with Gasteiger partial charge in [0.15, 0.2) is 5.65 Å². The molecule has 0 bridgehead atoms. The summed E-state index contributed by atoms with van der Waals surface area (Å²) in [6.07, 6.45) is 1.64. The molecule has 1 unspecified atom stereocenters. The zero-order chi connectivity index (χ0) is 14.7. The predicted octanol–water partition coefficient (Wildman–Crippen LogP) is 0.673. The van der Waals surface area contributed by atoms with Crippen LogP contribution in [0.2, 0.25) is 0 Å². The van der Waals surface area contributed by atoms with Gasteiger partial charge in [-0.3, -0.25) is 9.89 Å². The van der Waals surface area contributed by atoms with Crippen molar-refractivity contribution in [1.82, 2.24) is 25.1 Å². The Morgan fingerprint density at radius 1 is 1.50 bits per heavy atom. The van der Waals surface area contributed by atoms with Crippen molar-refractivity contribution in [3.05, 3.63) is 6.20 Å². The number of fused-ring (bicyclic) bond motifs is 1. The Morgan fingerprint density at radius 2 is 2.25 bits per heavy atom. The highest BCUT2D eigenvalue weighted by Crippen LogP contribution is 2.20. The van der Waals surface area contributed by atoms with Gasteiger partial charge in [-0.2, -0.15) is 15.1 Å². The standard InChI is InChI=1S/C12H19N7O/c1-5-19(4)11(20)7(2)15-9-8-6-14-18-10(8)17-12(13-3)16-9/h6-7H,5H2,1-4H3,(H3,13,14,15,16,17,18). The number of hydrogen-bond acceptors (Lipinski definition) is 6. The summed E-state index contributed by atoms with van der Waals surface area (Å²) in [5, 5.41) is 13.5. The van der Waals surface area contributed by atoms with Crippen molar-refractivity contribution in [2.45, 2.75) is 19.9 Å². The average molecular weight is 277 g/mol. The summed E-state index contributed by atoms with van der Waals surface area (Å²) in [5.41, 5.74) is 0.621. The highest BCUT2D eigenvalue weighted by atomic mass is 16.2. The predicted molar refractivity (Wildman–Crippen MR) is 77.6 cm³/mol. The number of aromatic amines is 1. The van der Waals surface area contributed by atoms with Crippen LogP contribution in [-0.4, -0.2) is 57.7 Å². The quantitative estimate of drug-likeness (QED) is 0.743. The summed E-state index contributed by atoms with van der Waals surface area (Å²) in [6, 6.07) is -0.377. The van der Waals surface area contributed by atoms with Crippen LogP contribution >= 0.6 is 0 Å². The maximum Gasteiger partial charge on any atom is 0.244 e. The molecule has 0 aromatic carbocycles. The summed E-state index contributed by atoms with van der Waals surface area (Å²) in [6.45, 7) is 4.40. The molecule has 2 aromatic heterocycles. The van der Waals surface area contributed by atoms with E-state index in [-0.39, 0.29) is 11.9 Å². The molecule has 0 saturated carbocycles. The fraction of sp³-hybridized carbons (Fsp3) is 0.500. The van der Waals surface area contributed by atoms with Crippen LogP contribution in [0.4, 0.5) is 11.8 Å². The van der Waals surface area contributed by atoms with E-state index < -0.39 is 0 Å². The van der Waals surface area contributed by atoms with Gasteiger partial charge < -0.3 is 15.5 Å². The number of aromatic nitrogens is 4. The number of likely N-dealkylation sites (N-methyl/N-ethyl adjacent to an activating group) is 1. The van der Waals surface area contributed by atoms with Crippen LogP contribution in [0.1, 0.15) is 13.8 Å².